The molecule has 2 aliphatic heterocycles. The van der Waals surface area contributed by atoms with E-state index < -0.39 is 0 Å². The van der Waals surface area contributed by atoms with E-state index in [9.17, 15) is 4.79 Å². The summed E-state index contributed by atoms with van der Waals surface area (Å²) in [5.41, 5.74) is 0.484. The number of hydrogen-bond acceptors (Lipinski definition) is 5. The molecule has 2 atom stereocenters. The molecule has 0 aliphatic carbocycles. The van der Waals surface area contributed by atoms with Gasteiger partial charge in [-0.05, 0) is 37.5 Å². The molecule has 2 saturated heterocycles. The quantitative estimate of drug-likeness (QED) is 0.930. The van der Waals surface area contributed by atoms with E-state index in [1.807, 2.05) is 35.2 Å². The summed E-state index contributed by atoms with van der Waals surface area (Å²) in [5, 5.41) is 3.40. The van der Waals surface area contributed by atoms with Gasteiger partial charge in [-0.15, -0.1) is 0 Å². The van der Waals surface area contributed by atoms with Gasteiger partial charge in [0.1, 0.15) is 0 Å². The van der Waals surface area contributed by atoms with Crippen molar-refractivity contribution in [1.82, 2.24) is 14.9 Å². The van der Waals surface area contributed by atoms with E-state index in [0.717, 1.165) is 31.4 Å². The Labute approximate surface area is 147 Å². The Bertz CT molecular complexity index is 725. The second-order valence-corrected chi connectivity index (χ2v) is 6.78. The maximum absolute atomic E-state index is 12.7. The van der Waals surface area contributed by atoms with Crippen molar-refractivity contribution in [1.29, 1.82) is 0 Å². The number of carbonyl (C=O) groups is 1. The number of carbonyl (C=O) groups excluding carboxylic acids is 1. The number of amides is 1. The molecule has 4 rings (SSSR count). The third kappa shape index (κ3) is 3.49. The van der Waals surface area contributed by atoms with Crippen LogP contribution in [0.25, 0.3) is 0 Å². The Hall–Kier alpha value is -2.47. The second-order valence-electron chi connectivity index (χ2n) is 6.78. The van der Waals surface area contributed by atoms with Crippen LogP contribution in [0.2, 0.25) is 0 Å². The fourth-order valence-corrected chi connectivity index (χ4v) is 3.77. The number of ether oxygens (including phenoxy) is 1. The summed E-state index contributed by atoms with van der Waals surface area (Å²) in [6, 6.07) is 11.5. The topological polar surface area (TPSA) is 67.4 Å². The zero-order valence-corrected chi connectivity index (χ0v) is 14.1. The Morgan fingerprint density at radius 3 is 2.80 bits per heavy atom. The van der Waals surface area contributed by atoms with E-state index in [2.05, 4.69) is 15.3 Å². The van der Waals surface area contributed by atoms with Crippen molar-refractivity contribution < 1.29 is 9.53 Å². The Kier molecular flexibility index (Phi) is 4.36. The van der Waals surface area contributed by atoms with Gasteiger partial charge in [0.05, 0.1) is 12.1 Å². The van der Waals surface area contributed by atoms with Gasteiger partial charge in [0.25, 0.3) is 5.91 Å². The standard InChI is InChI=1S/C19H22N4O2/c24-17(15-5-2-1-3-6-15)23-11-8-19(14-23)13-16(7-12-25-19)22-18-20-9-4-10-21-18/h1-6,9-10,16H,7-8,11-14H2,(H,20,21,22)/t16-,19-/m0/s1. The fourth-order valence-electron chi connectivity index (χ4n) is 3.77. The molecule has 1 N–H and O–H groups in total. The zero-order chi connectivity index (χ0) is 17.1. The molecule has 130 valence electrons. The van der Waals surface area contributed by atoms with E-state index in [1.54, 1.807) is 18.5 Å². The second kappa shape index (κ2) is 6.80. The number of anilines is 1. The summed E-state index contributed by atoms with van der Waals surface area (Å²) in [6.45, 7) is 2.08. The summed E-state index contributed by atoms with van der Waals surface area (Å²) < 4.78 is 6.14. The molecule has 2 aromatic rings. The van der Waals surface area contributed by atoms with Crippen LogP contribution in [-0.4, -0.2) is 52.1 Å². The van der Waals surface area contributed by atoms with Gasteiger partial charge in [0.15, 0.2) is 0 Å². The Morgan fingerprint density at radius 1 is 1.20 bits per heavy atom. The summed E-state index contributed by atoms with van der Waals surface area (Å²) in [6.07, 6.45) is 6.14. The van der Waals surface area contributed by atoms with Gasteiger partial charge in [-0.3, -0.25) is 4.79 Å². The van der Waals surface area contributed by atoms with Crippen LogP contribution in [0.3, 0.4) is 0 Å². The molecular formula is C19H22N4O2. The number of hydrogen-bond donors (Lipinski definition) is 1. The third-order valence-electron chi connectivity index (χ3n) is 5.02. The lowest BCUT2D eigenvalue weighted by Crippen LogP contribution is -2.47. The lowest BCUT2D eigenvalue weighted by Gasteiger charge is -2.38. The van der Waals surface area contributed by atoms with Gasteiger partial charge in [-0.1, -0.05) is 18.2 Å². The molecule has 1 aromatic carbocycles. The van der Waals surface area contributed by atoms with Crippen LogP contribution in [0.4, 0.5) is 5.95 Å². The highest BCUT2D eigenvalue weighted by Crippen LogP contribution is 2.35. The predicted octanol–water partition coefficient (Wildman–Crippen LogP) is 2.35. The lowest BCUT2D eigenvalue weighted by molar-refractivity contribution is -0.0721. The first kappa shape index (κ1) is 16.0. The maximum atomic E-state index is 12.7. The number of rotatable bonds is 3. The fraction of sp³-hybridized carbons (Fsp3) is 0.421. The van der Waals surface area contributed by atoms with Crippen LogP contribution in [0.15, 0.2) is 48.8 Å². The van der Waals surface area contributed by atoms with Crippen LogP contribution in [-0.2, 0) is 4.74 Å². The first-order chi connectivity index (χ1) is 12.2. The SMILES string of the molecule is O=C(c1ccccc1)N1CC[C@]2(C[C@@H](Nc3ncccn3)CCO2)C1. The van der Waals surface area contributed by atoms with Crippen molar-refractivity contribution in [3.63, 3.8) is 0 Å². The van der Waals surface area contributed by atoms with Crippen LogP contribution in [0, 0.1) is 0 Å². The van der Waals surface area contributed by atoms with Crippen LogP contribution >= 0.6 is 0 Å². The normalized spacial score (nSPS) is 25.9. The van der Waals surface area contributed by atoms with Gasteiger partial charge in [0, 0.05) is 37.2 Å². The monoisotopic (exact) mass is 338 g/mol. The van der Waals surface area contributed by atoms with Crippen LogP contribution in [0.1, 0.15) is 29.6 Å². The van der Waals surface area contributed by atoms with Crippen LogP contribution in [0.5, 0.6) is 0 Å². The third-order valence-corrected chi connectivity index (χ3v) is 5.02. The summed E-state index contributed by atoms with van der Waals surface area (Å²) >= 11 is 0. The molecule has 0 radical (unpaired) electrons. The van der Waals surface area contributed by atoms with Crippen molar-refractivity contribution in [2.75, 3.05) is 25.0 Å². The summed E-state index contributed by atoms with van der Waals surface area (Å²) in [7, 11) is 0. The number of likely N-dealkylation sites (tertiary alicyclic amines) is 1. The van der Waals surface area contributed by atoms with Crippen molar-refractivity contribution in [2.24, 2.45) is 0 Å². The van der Waals surface area contributed by atoms with Crippen molar-refractivity contribution in [3.8, 4) is 0 Å². The van der Waals surface area contributed by atoms with Gasteiger partial charge in [-0.25, -0.2) is 9.97 Å². The largest absolute Gasteiger partial charge is 0.373 e. The molecule has 1 amide bonds. The number of benzene rings is 1. The van der Waals surface area contributed by atoms with Gasteiger partial charge < -0.3 is 15.0 Å². The van der Waals surface area contributed by atoms with E-state index >= 15 is 0 Å². The smallest absolute Gasteiger partial charge is 0.253 e. The highest BCUT2D eigenvalue weighted by atomic mass is 16.5. The average Bonchev–Trinajstić information content (AvgIpc) is 3.06. The molecule has 2 fully saturated rings. The number of nitrogens with one attached hydrogen (secondary N) is 1. The highest BCUT2D eigenvalue weighted by molar-refractivity contribution is 5.94. The van der Waals surface area contributed by atoms with E-state index in [1.165, 1.54) is 0 Å². The van der Waals surface area contributed by atoms with Gasteiger partial charge in [-0.2, -0.15) is 0 Å². The van der Waals surface area contributed by atoms with Crippen molar-refractivity contribution in [2.45, 2.75) is 30.9 Å². The van der Waals surface area contributed by atoms with Gasteiger partial charge >= 0.3 is 0 Å². The summed E-state index contributed by atoms with van der Waals surface area (Å²) in [4.78, 5) is 23.1. The first-order valence-corrected chi connectivity index (χ1v) is 8.76. The molecule has 6 heteroatoms. The minimum absolute atomic E-state index is 0.0857. The lowest BCUT2D eigenvalue weighted by atomic mass is 9.89. The molecule has 3 heterocycles. The zero-order valence-electron chi connectivity index (χ0n) is 14.1. The van der Waals surface area contributed by atoms with E-state index in [4.69, 9.17) is 4.74 Å². The molecule has 0 unspecified atom stereocenters. The van der Waals surface area contributed by atoms with Gasteiger partial charge in [0.2, 0.25) is 5.95 Å². The van der Waals surface area contributed by atoms with Crippen LogP contribution < -0.4 is 5.32 Å². The summed E-state index contributed by atoms with van der Waals surface area (Å²) in [5.74, 6) is 0.738. The highest BCUT2D eigenvalue weighted by Gasteiger charge is 2.44. The molecular weight excluding hydrogens is 316 g/mol. The molecule has 0 bridgehead atoms. The molecule has 1 spiro atoms. The molecule has 2 aliphatic rings. The first-order valence-electron chi connectivity index (χ1n) is 8.76. The molecule has 1 aromatic heterocycles. The molecule has 6 nitrogen and oxygen atoms in total. The van der Waals surface area contributed by atoms with Crippen molar-refractivity contribution >= 4 is 11.9 Å². The minimum atomic E-state index is -0.255. The molecule has 25 heavy (non-hydrogen) atoms. The van der Waals surface area contributed by atoms with E-state index in [-0.39, 0.29) is 17.6 Å². The molecule has 0 saturated carbocycles. The van der Waals surface area contributed by atoms with E-state index in [0.29, 0.717) is 19.1 Å². The predicted molar refractivity (Wildman–Crippen MR) is 94.3 cm³/mol. The number of aromatic nitrogens is 2. The Balaban J connectivity index is 1.41. The Morgan fingerprint density at radius 2 is 2.00 bits per heavy atom. The number of nitrogens with zero attached hydrogens (tertiary/aromatic N) is 3. The maximum Gasteiger partial charge on any atom is 0.253 e. The minimum Gasteiger partial charge on any atom is -0.373 e. The average molecular weight is 338 g/mol. The van der Waals surface area contributed by atoms with Crippen molar-refractivity contribution in [3.05, 3.63) is 54.4 Å².